The molecule has 3 N–H and O–H groups in total. The van der Waals surface area contributed by atoms with Gasteiger partial charge in [0.1, 0.15) is 0 Å². The van der Waals surface area contributed by atoms with Crippen LogP contribution in [0.25, 0.3) is 11.0 Å². The van der Waals surface area contributed by atoms with Crippen molar-refractivity contribution in [2.45, 2.75) is 0 Å². The number of anilines is 1. The van der Waals surface area contributed by atoms with Crippen molar-refractivity contribution in [2.24, 2.45) is 0 Å². The quantitative estimate of drug-likeness (QED) is 0.421. The first-order chi connectivity index (χ1) is 13.5. The van der Waals surface area contributed by atoms with E-state index in [0.29, 0.717) is 27.8 Å². The summed E-state index contributed by atoms with van der Waals surface area (Å²) in [6.45, 7) is 0. The van der Waals surface area contributed by atoms with Crippen molar-refractivity contribution in [1.29, 1.82) is 0 Å². The fourth-order valence-corrected chi connectivity index (χ4v) is 3.21. The van der Waals surface area contributed by atoms with Crippen LogP contribution in [0.5, 0.6) is 0 Å². The van der Waals surface area contributed by atoms with E-state index in [9.17, 15) is 14.4 Å². The van der Waals surface area contributed by atoms with E-state index < -0.39 is 5.91 Å². The number of amides is 1. The van der Waals surface area contributed by atoms with Crippen LogP contribution >= 0.6 is 15.9 Å². The Morgan fingerprint density at radius 2 is 1.50 bits per heavy atom. The van der Waals surface area contributed by atoms with Crippen LogP contribution in [0.2, 0.25) is 0 Å². The van der Waals surface area contributed by atoms with Crippen molar-refractivity contribution in [3.05, 3.63) is 98.4 Å². The minimum atomic E-state index is -0.404. The maximum absolute atomic E-state index is 12.9. The summed E-state index contributed by atoms with van der Waals surface area (Å²) in [5, 5.41) is 2.78. The van der Waals surface area contributed by atoms with E-state index in [4.69, 9.17) is 0 Å². The summed E-state index contributed by atoms with van der Waals surface area (Å²) in [7, 11) is 0. The number of carbonyl (C=O) groups excluding carboxylic acids is 2. The number of hydrogen-bond acceptors (Lipinski definition) is 3. The Hall–Kier alpha value is -3.45. The number of halogens is 1. The van der Waals surface area contributed by atoms with Gasteiger partial charge in [-0.2, -0.15) is 0 Å². The third kappa shape index (κ3) is 3.52. The van der Waals surface area contributed by atoms with Crippen molar-refractivity contribution < 1.29 is 9.59 Å². The molecule has 0 bridgehead atoms. The Labute approximate surface area is 167 Å². The number of aromatic nitrogens is 2. The van der Waals surface area contributed by atoms with Gasteiger partial charge in [-0.05, 0) is 48.5 Å². The normalized spacial score (nSPS) is 10.8. The molecule has 0 aliphatic rings. The van der Waals surface area contributed by atoms with Crippen LogP contribution in [0.4, 0.5) is 5.69 Å². The van der Waals surface area contributed by atoms with Crippen molar-refractivity contribution in [1.82, 2.24) is 9.97 Å². The van der Waals surface area contributed by atoms with E-state index in [1.165, 1.54) is 0 Å². The molecule has 6 nitrogen and oxygen atoms in total. The van der Waals surface area contributed by atoms with Gasteiger partial charge in [0.15, 0.2) is 5.78 Å². The van der Waals surface area contributed by atoms with Gasteiger partial charge in [0.25, 0.3) is 5.91 Å². The van der Waals surface area contributed by atoms with Gasteiger partial charge in [-0.3, -0.25) is 9.59 Å². The number of aromatic amines is 2. The summed E-state index contributed by atoms with van der Waals surface area (Å²) in [5.74, 6) is -0.637. The van der Waals surface area contributed by atoms with Gasteiger partial charge in [0, 0.05) is 21.3 Å². The molecular weight excluding hydrogens is 422 g/mol. The van der Waals surface area contributed by atoms with Gasteiger partial charge in [-0.25, -0.2) is 4.79 Å². The van der Waals surface area contributed by atoms with E-state index in [1.54, 1.807) is 66.7 Å². The van der Waals surface area contributed by atoms with E-state index in [0.717, 1.165) is 4.47 Å². The Balaban J connectivity index is 1.64. The monoisotopic (exact) mass is 435 g/mol. The largest absolute Gasteiger partial charge is 0.323 e. The zero-order valence-corrected chi connectivity index (χ0v) is 16.0. The van der Waals surface area contributed by atoms with E-state index in [1.807, 2.05) is 0 Å². The fraction of sp³-hybridized carbons (Fsp3) is 0. The molecule has 0 radical (unpaired) electrons. The number of rotatable bonds is 4. The van der Waals surface area contributed by atoms with Crippen molar-refractivity contribution in [3.8, 4) is 0 Å². The van der Waals surface area contributed by atoms with Crippen LogP contribution in [-0.2, 0) is 0 Å². The number of hydrogen-bond donors (Lipinski definition) is 3. The maximum atomic E-state index is 12.9. The van der Waals surface area contributed by atoms with Gasteiger partial charge in [-0.15, -0.1) is 0 Å². The molecule has 4 rings (SSSR count). The molecule has 0 aliphatic carbocycles. The smallest absolute Gasteiger partial charge is 0.322 e. The van der Waals surface area contributed by atoms with Crippen LogP contribution in [0, 0.1) is 0 Å². The molecule has 0 fully saturated rings. The van der Waals surface area contributed by atoms with Crippen LogP contribution in [-0.4, -0.2) is 21.7 Å². The highest BCUT2D eigenvalue weighted by Crippen LogP contribution is 2.20. The van der Waals surface area contributed by atoms with Gasteiger partial charge in [0.2, 0.25) is 0 Å². The fourth-order valence-electron chi connectivity index (χ4n) is 2.94. The third-order valence-electron chi connectivity index (χ3n) is 4.30. The minimum Gasteiger partial charge on any atom is -0.322 e. The molecule has 0 atom stereocenters. The Morgan fingerprint density at radius 1 is 0.821 bits per heavy atom. The molecule has 28 heavy (non-hydrogen) atoms. The van der Waals surface area contributed by atoms with Crippen molar-refractivity contribution in [3.63, 3.8) is 0 Å². The first kappa shape index (κ1) is 17.9. The zero-order chi connectivity index (χ0) is 19.7. The molecule has 3 aromatic carbocycles. The third-order valence-corrected chi connectivity index (χ3v) is 4.83. The number of H-pyrrole nitrogens is 2. The highest BCUT2D eigenvalue weighted by atomic mass is 79.9. The Morgan fingerprint density at radius 3 is 2.25 bits per heavy atom. The zero-order valence-electron chi connectivity index (χ0n) is 14.5. The predicted molar refractivity (Wildman–Crippen MR) is 111 cm³/mol. The number of carbonyl (C=O) groups is 2. The molecule has 1 aromatic heterocycles. The second kappa shape index (κ2) is 7.28. The molecule has 0 spiro atoms. The van der Waals surface area contributed by atoms with Gasteiger partial charge < -0.3 is 15.3 Å². The summed E-state index contributed by atoms with van der Waals surface area (Å²) in [5.41, 5.74) is 2.52. The van der Waals surface area contributed by atoms with Crippen molar-refractivity contribution in [2.75, 3.05) is 5.32 Å². The summed E-state index contributed by atoms with van der Waals surface area (Å²) in [6, 6.07) is 18.7. The average Bonchev–Trinajstić information content (AvgIpc) is 3.07. The Kier molecular flexibility index (Phi) is 4.67. The Bertz CT molecular complexity index is 1260. The first-order valence-corrected chi connectivity index (χ1v) is 9.23. The molecule has 0 aliphatic heterocycles. The van der Waals surface area contributed by atoms with Crippen LogP contribution in [0.1, 0.15) is 26.3 Å². The molecule has 1 heterocycles. The molecule has 0 saturated carbocycles. The topological polar surface area (TPSA) is 94.8 Å². The summed E-state index contributed by atoms with van der Waals surface area (Å²) in [6.07, 6.45) is 0. The number of fused-ring (bicyclic) bond motifs is 1. The van der Waals surface area contributed by atoms with Gasteiger partial charge in [0.05, 0.1) is 16.6 Å². The average molecular weight is 436 g/mol. The molecule has 4 aromatic rings. The second-order valence-electron chi connectivity index (χ2n) is 6.18. The lowest BCUT2D eigenvalue weighted by Gasteiger charge is -2.10. The van der Waals surface area contributed by atoms with Crippen LogP contribution < -0.4 is 11.0 Å². The van der Waals surface area contributed by atoms with Gasteiger partial charge in [-0.1, -0.05) is 34.1 Å². The molecule has 1 amide bonds. The van der Waals surface area contributed by atoms with Crippen LogP contribution in [0.15, 0.2) is 76.0 Å². The molecule has 7 heteroatoms. The van der Waals surface area contributed by atoms with Crippen molar-refractivity contribution >= 4 is 44.3 Å². The number of imidazole rings is 1. The highest BCUT2D eigenvalue weighted by Gasteiger charge is 2.18. The SMILES string of the molecule is O=C(Nc1ccc2[nH]c(=O)[nH]c2c1)c1ccccc1C(=O)c1ccc(Br)cc1. The highest BCUT2D eigenvalue weighted by molar-refractivity contribution is 9.10. The van der Waals surface area contributed by atoms with E-state index in [-0.39, 0.29) is 17.0 Å². The second-order valence-corrected chi connectivity index (χ2v) is 7.09. The van der Waals surface area contributed by atoms with Gasteiger partial charge >= 0.3 is 5.69 Å². The van der Waals surface area contributed by atoms with Crippen LogP contribution in [0.3, 0.4) is 0 Å². The standard InChI is InChI=1S/C21H14BrN3O3/c22-13-7-5-12(6-8-13)19(26)15-3-1-2-4-16(15)20(27)23-14-9-10-17-18(11-14)25-21(28)24-17/h1-11H,(H,23,27)(H2,24,25,28). The van der Waals surface area contributed by atoms with E-state index >= 15 is 0 Å². The lowest BCUT2D eigenvalue weighted by Crippen LogP contribution is -2.17. The first-order valence-electron chi connectivity index (χ1n) is 8.44. The summed E-state index contributed by atoms with van der Waals surface area (Å²) < 4.78 is 0.869. The lowest BCUT2D eigenvalue weighted by atomic mass is 9.98. The number of nitrogens with one attached hydrogen (secondary N) is 3. The lowest BCUT2D eigenvalue weighted by molar-refractivity contribution is 0.0996. The summed E-state index contributed by atoms with van der Waals surface area (Å²) in [4.78, 5) is 42.4. The van der Waals surface area contributed by atoms with E-state index in [2.05, 4.69) is 31.2 Å². The molecular formula is C21H14BrN3O3. The minimum absolute atomic E-state index is 0.233. The number of ketones is 1. The predicted octanol–water partition coefficient (Wildman–Crippen LogP) is 4.10. The molecule has 0 unspecified atom stereocenters. The molecule has 0 saturated heterocycles. The summed E-state index contributed by atoms with van der Waals surface area (Å²) >= 11 is 3.34. The molecule has 138 valence electrons. The number of benzene rings is 3. The maximum Gasteiger partial charge on any atom is 0.323 e.